The lowest BCUT2D eigenvalue weighted by atomic mass is 10.3. The van der Waals surface area contributed by atoms with Gasteiger partial charge in [0.15, 0.2) is 5.69 Å². The van der Waals surface area contributed by atoms with E-state index in [-0.39, 0.29) is 16.7 Å². The summed E-state index contributed by atoms with van der Waals surface area (Å²) in [5, 5.41) is 5.66. The lowest BCUT2D eigenvalue weighted by Crippen LogP contribution is -2.24. The van der Waals surface area contributed by atoms with Crippen molar-refractivity contribution in [1.29, 1.82) is 0 Å². The van der Waals surface area contributed by atoms with Crippen LogP contribution in [-0.4, -0.2) is 22.7 Å². The molecule has 0 atom stereocenters. The molecule has 0 radical (unpaired) electrons. The number of hydrogen-bond acceptors (Lipinski definition) is 2. The SMILES string of the molecule is CNC(=O)Cn1nc(C(F)(F)F)c(Br)c1C. The number of nitrogens with zero attached hydrogens (tertiary/aromatic N) is 2. The van der Waals surface area contributed by atoms with Crippen molar-refractivity contribution in [1.82, 2.24) is 15.1 Å². The normalized spacial score (nSPS) is 11.6. The molecule has 0 saturated heterocycles. The molecular weight excluding hydrogens is 291 g/mol. The molecular formula is C8H9BrF3N3O. The predicted molar refractivity (Wildman–Crippen MR) is 53.7 cm³/mol. The molecule has 1 rings (SSSR count). The van der Waals surface area contributed by atoms with Crippen molar-refractivity contribution in [3.63, 3.8) is 0 Å². The average molecular weight is 300 g/mol. The van der Waals surface area contributed by atoms with Crippen molar-refractivity contribution in [3.8, 4) is 0 Å². The van der Waals surface area contributed by atoms with Gasteiger partial charge in [0, 0.05) is 7.05 Å². The average Bonchev–Trinajstić information content (AvgIpc) is 2.45. The number of likely N-dealkylation sites (N-methyl/N-ethyl adjacent to an activating group) is 1. The van der Waals surface area contributed by atoms with E-state index in [4.69, 9.17) is 0 Å². The maximum atomic E-state index is 12.5. The number of alkyl halides is 3. The van der Waals surface area contributed by atoms with Crippen molar-refractivity contribution in [3.05, 3.63) is 15.9 Å². The van der Waals surface area contributed by atoms with E-state index in [0.29, 0.717) is 0 Å². The van der Waals surface area contributed by atoms with E-state index in [0.717, 1.165) is 4.68 Å². The maximum absolute atomic E-state index is 12.5. The van der Waals surface area contributed by atoms with E-state index in [9.17, 15) is 18.0 Å². The minimum Gasteiger partial charge on any atom is -0.358 e. The summed E-state index contributed by atoms with van der Waals surface area (Å²) >= 11 is 2.81. The van der Waals surface area contributed by atoms with E-state index in [1.165, 1.54) is 14.0 Å². The van der Waals surface area contributed by atoms with E-state index < -0.39 is 17.8 Å². The van der Waals surface area contributed by atoms with Gasteiger partial charge < -0.3 is 5.32 Å². The number of carbonyl (C=O) groups excluding carboxylic acids is 1. The Balaban J connectivity index is 3.10. The van der Waals surface area contributed by atoms with E-state index in [1.54, 1.807) is 0 Å². The van der Waals surface area contributed by atoms with Gasteiger partial charge in [-0.2, -0.15) is 18.3 Å². The summed E-state index contributed by atoms with van der Waals surface area (Å²) in [6.45, 7) is 1.21. The topological polar surface area (TPSA) is 46.9 Å². The Bertz CT molecular complexity index is 413. The molecule has 16 heavy (non-hydrogen) atoms. The molecule has 0 bridgehead atoms. The van der Waals surface area contributed by atoms with Crippen LogP contribution in [0.5, 0.6) is 0 Å². The van der Waals surface area contributed by atoms with Crippen LogP contribution in [0.15, 0.2) is 4.47 Å². The quantitative estimate of drug-likeness (QED) is 0.904. The van der Waals surface area contributed by atoms with Crippen molar-refractivity contribution < 1.29 is 18.0 Å². The van der Waals surface area contributed by atoms with Gasteiger partial charge in [0.1, 0.15) is 6.54 Å². The van der Waals surface area contributed by atoms with Crippen LogP contribution in [0.2, 0.25) is 0 Å². The van der Waals surface area contributed by atoms with Crippen molar-refractivity contribution in [2.45, 2.75) is 19.6 Å². The van der Waals surface area contributed by atoms with Crippen molar-refractivity contribution in [2.75, 3.05) is 7.05 Å². The third-order valence-corrected chi connectivity index (χ3v) is 2.92. The van der Waals surface area contributed by atoms with Crippen LogP contribution in [0, 0.1) is 6.92 Å². The highest BCUT2D eigenvalue weighted by atomic mass is 79.9. The van der Waals surface area contributed by atoms with E-state index in [2.05, 4.69) is 26.3 Å². The minimum atomic E-state index is -4.53. The third-order valence-electron chi connectivity index (χ3n) is 1.97. The molecule has 1 N–H and O–H groups in total. The molecule has 90 valence electrons. The summed E-state index contributed by atoms with van der Waals surface area (Å²) in [6.07, 6.45) is -4.53. The fourth-order valence-corrected chi connectivity index (χ4v) is 1.58. The smallest absolute Gasteiger partial charge is 0.358 e. The fourth-order valence-electron chi connectivity index (χ4n) is 1.07. The van der Waals surface area contributed by atoms with Gasteiger partial charge in [0.05, 0.1) is 10.2 Å². The Kier molecular flexibility index (Phi) is 3.61. The molecule has 8 heteroatoms. The molecule has 0 fully saturated rings. The number of carbonyl (C=O) groups is 1. The Morgan fingerprint density at radius 1 is 1.56 bits per heavy atom. The van der Waals surface area contributed by atoms with Crippen LogP contribution in [0.3, 0.4) is 0 Å². The molecule has 0 aliphatic carbocycles. The predicted octanol–water partition coefficient (Wildman–Crippen LogP) is 1.72. The summed E-state index contributed by atoms with van der Waals surface area (Å²) in [5.41, 5.74) is -0.759. The second kappa shape index (κ2) is 4.44. The van der Waals surface area contributed by atoms with Crippen LogP contribution < -0.4 is 5.32 Å². The van der Waals surface area contributed by atoms with E-state index in [1.807, 2.05) is 0 Å². The summed E-state index contributed by atoms with van der Waals surface area (Å²) in [5.74, 6) is -0.410. The first-order valence-corrected chi connectivity index (χ1v) is 5.07. The monoisotopic (exact) mass is 299 g/mol. The Labute approximate surface area is 97.9 Å². The molecule has 4 nitrogen and oxygen atoms in total. The van der Waals surface area contributed by atoms with Crippen LogP contribution in [-0.2, 0) is 17.5 Å². The first kappa shape index (κ1) is 13.0. The van der Waals surface area contributed by atoms with Crippen molar-refractivity contribution in [2.24, 2.45) is 0 Å². The molecule has 0 aliphatic heterocycles. The van der Waals surface area contributed by atoms with Gasteiger partial charge in [0.25, 0.3) is 0 Å². The summed E-state index contributed by atoms with van der Waals surface area (Å²) in [7, 11) is 1.40. The Morgan fingerprint density at radius 2 is 2.12 bits per heavy atom. The Hall–Kier alpha value is -1.05. The van der Waals surface area contributed by atoms with Gasteiger partial charge in [-0.05, 0) is 22.9 Å². The standard InChI is InChI=1S/C8H9BrF3N3O/c1-4-6(9)7(8(10,11)12)14-15(4)3-5(16)13-2/h3H2,1-2H3,(H,13,16). The largest absolute Gasteiger partial charge is 0.436 e. The lowest BCUT2D eigenvalue weighted by molar-refractivity contribution is -0.142. The molecule has 1 amide bonds. The zero-order chi connectivity index (χ0) is 12.5. The number of nitrogens with one attached hydrogen (secondary N) is 1. The number of amides is 1. The number of aromatic nitrogens is 2. The zero-order valence-electron chi connectivity index (χ0n) is 8.52. The molecule has 0 spiro atoms. The number of halogens is 4. The summed E-state index contributed by atoms with van der Waals surface area (Å²) < 4.78 is 38.2. The molecule has 1 heterocycles. The van der Waals surface area contributed by atoms with Gasteiger partial charge in [-0.25, -0.2) is 0 Å². The molecule has 0 aromatic carbocycles. The fraction of sp³-hybridized carbons (Fsp3) is 0.500. The van der Waals surface area contributed by atoms with Gasteiger partial charge in [-0.15, -0.1) is 0 Å². The highest BCUT2D eigenvalue weighted by Crippen LogP contribution is 2.35. The molecule has 0 unspecified atom stereocenters. The zero-order valence-corrected chi connectivity index (χ0v) is 10.1. The molecule has 1 aromatic heterocycles. The van der Waals surface area contributed by atoms with Crippen LogP contribution in [0.4, 0.5) is 13.2 Å². The molecule has 0 aliphatic rings. The first-order chi connectivity index (χ1) is 7.27. The van der Waals surface area contributed by atoms with Crippen LogP contribution >= 0.6 is 15.9 Å². The second-order valence-corrected chi connectivity index (χ2v) is 3.87. The third kappa shape index (κ3) is 2.55. The van der Waals surface area contributed by atoms with Crippen LogP contribution in [0.25, 0.3) is 0 Å². The summed E-state index contributed by atoms with van der Waals surface area (Å²) in [4.78, 5) is 11.0. The highest BCUT2D eigenvalue weighted by Gasteiger charge is 2.38. The van der Waals surface area contributed by atoms with E-state index >= 15 is 0 Å². The van der Waals surface area contributed by atoms with Gasteiger partial charge >= 0.3 is 6.18 Å². The number of hydrogen-bond donors (Lipinski definition) is 1. The van der Waals surface area contributed by atoms with Crippen molar-refractivity contribution >= 4 is 21.8 Å². The molecule has 1 aromatic rings. The van der Waals surface area contributed by atoms with Gasteiger partial charge in [-0.1, -0.05) is 0 Å². The lowest BCUT2D eigenvalue weighted by Gasteiger charge is -2.02. The maximum Gasteiger partial charge on any atom is 0.436 e. The molecule has 0 saturated carbocycles. The second-order valence-electron chi connectivity index (χ2n) is 3.08. The Morgan fingerprint density at radius 3 is 2.50 bits per heavy atom. The minimum absolute atomic E-state index is 0.135. The summed E-state index contributed by atoms with van der Waals surface area (Å²) in [6, 6.07) is 0. The van der Waals surface area contributed by atoms with Gasteiger partial charge in [0.2, 0.25) is 5.91 Å². The highest BCUT2D eigenvalue weighted by molar-refractivity contribution is 9.10. The number of rotatable bonds is 2. The van der Waals surface area contributed by atoms with Gasteiger partial charge in [-0.3, -0.25) is 9.48 Å². The first-order valence-electron chi connectivity index (χ1n) is 4.28. The van der Waals surface area contributed by atoms with Crippen LogP contribution in [0.1, 0.15) is 11.4 Å².